The number of nitrogens with zero attached hydrogens (tertiary/aromatic N) is 4. The van der Waals surface area contributed by atoms with Crippen molar-refractivity contribution in [2.75, 3.05) is 5.32 Å². The topological polar surface area (TPSA) is 147 Å². The van der Waals surface area contributed by atoms with Crippen LogP contribution in [0.3, 0.4) is 0 Å². The van der Waals surface area contributed by atoms with Crippen molar-refractivity contribution in [2.24, 2.45) is 0 Å². The number of ketones is 1. The summed E-state index contributed by atoms with van der Waals surface area (Å²) in [5, 5.41) is 19.2. The number of nitrogens with one attached hydrogen (secondary N) is 2. The summed E-state index contributed by atoms with van der Waals surface area (Å²) in [6.07, 6.45) is -3.19. The lowest BCUT2D eigenvalue weighted by Gasteiger charge is -2.05. The van der Waals surface area contributed by atoms with Crippen LogP contribution < -0.4 is 5.32 Å². The minimum atomic E-state index is -5.08. The van der Waals surface area contributed by atoms with Gasteiger partial charge in [-0.2, -0.15) is 27.6 Å². The van der Waals surface area contributed by atoms with Gasteiger partial charge in [-0.25, -0.2) is 9.78 Å². The third kappa shape index (κ3) is 6.59. The molecule has 0 aliphatic carbocycles. The van der Waals surface area contributed by atoms with Gasteiger partial charge in [-0.3, -0.25) is 9.89 Å². The second-order valence-electron chi connectivity index (χ2n) is 8.06. The molecule has 5 rings (SSSR count). The molecule has 2 aromatic carbocycles. The van der Waals surface area contributed by atoms with Crippen LogP contribution in [0, 0.1) is 13.8 Å². The molecule has 0 bridgehead atoms. The Balaban J connectivity index is 0.000000448. The lowest BCUT2D eigenvalue weighted by atomic mass is 10.0. The van der Waals surface area contributed by atoms with Crippen molar-refractivity contribution in [3.05, 3.63) is 70.5 Å². The minimum Gasteiger partial charge on any atom is -0.475 e. The number of carboxylic acid groups (broad SMARTS) is 1. The molecular weight excluding hydrogens is 561 g/mol. The van der Waals surface area contributed by atoms with Gasteiger partial charge in [-0.05, 0) is 30.7 Å². The number of aromatic amines is 1. The van der Waals surface area contributed by atoms with Gasteiger partial charge in [-0.1, -0.05) is 29.8 Å². The van der Waals surface area contributed by atoms with Crippen molar-refractivity contribution in [1.82, 2.24) is 24.5 Å². The van der Waals surface area contributed by atoms with E-state index in [2.05, 4.69) is 29.9 Å². The van der Waals surface area contributed by atoms with E-state index in [0.29, 0.717) is 33.3 Å². The Morgan fingerprint density at radius 3 is 2.59 bits per heavy atom. The Morgan fingerprint density at radius 2 is 1.92 bits per heavy atom. The predicted octanol–water partition coefficient (Wildman–Crippen LogP) is 6.14. The fourth-order valence-electron chi connectivity index (χ4n) is 3.46. The van der Waals surface area contributed by atoms with Crippen LogP contribution in [0.5, 0.6) is 0 Å². The number of rotatable bonds is 6. The smallest absolute Gasteiger partial charge is 0.475 e. The molecule has 0 amide bonds. The number of aromatic nitrogens is 5. The standard InChI is InChI=1S/C22H17ClN6O2S.C2HF3O2/c1-11-20(31-12(2)25-11)18(30)9-13-4-3-5-14(8-13)21-27-22(32-29-21)26-17-7-6-16-15(19(17)23)10-24-28-16;3-2(4,5)1(6)7/h3-8,10H,9H2,1-2H3,(H,24,28)(H,26,27,29);(H,6,7). The van der Waals surface area contributed by atoms with Gasteiger partial charge in [0.2, 0.25) is 10.9 Å². The number of halogens is 4. The number of alkyl halides is 3. The van der Waals surface area contributed by atoms with Gasteiger partial charge in [0.1, 0.15) is 0 Å². The highest BCUT2D eigenvalue weighted by atomic mass is 35.5. The van der Waals surface area contributed by atoms with Gasteiger partial charge >= 0.3 is 12.1 Å². The SMILES string of the molecule is Cc1nc(C)c(C(=O)Cc2cccc(-c3nsc(Nc4ccc5[nH]ncc5c4Cl)n3)c2)o1.O=C(O)C(F)(F)F. The van der Waals surface area contributed by atoms with Crippen molar-refractivity contribution in [3.8, 4) is 11.4 Å². The van der Waals surface area contributed by atoms with Crippen LogP contribution in [-0.2, 0) is 11.2 Å². The Labute approximate surface area is 227 Å². The Morgan fingerprint density at radius 1 is 1.18 bits per heavy atom. The van der Waals surface area contributed by atoms with Gasteiger partial charge < -0.3 is 14.8 Å². The number of aliphatic carboxylic acids is 1. The summed E-state index contributed by atoms with van der Waals surface area (Å²) >= 11 is 7.71. The molecule has 0 saturated carbocycles. The molecule has 3 N–H and O–H groups in total. The summed E-state index contributed by atoms with van der Waals surface area (Å²) in [7, 11) is 0. The maximum Gasteiger partial charge on any atom is 0.490 e. The summed E-state index contributed by atoms with van der Waals surface area (Å²) < 4.78 is 41.6. The number of carboxylic acids is 1. The van der Waals surface area contributed by atoms with E-state index >= 15 is 0 Å². The number of hydrogen-bond acceptors (Lipinski definition) is 9. The number of fused-ring (bicyclic) bond motifs is 1. The number of hydrogen-bond donors (Lipinski definition) is 3. The molecule has 15 heteroatoms. The van der Waals surface area contributed by atoms with Crippen molar-refractivity contribution in [3.63, 3.8) is 0 Å². The number of oxazole rings is 1. The monoisotopic (exact) mass is 578 g/mol. The number of benzene rings is 2. The first kappa shape index (κ1) is 27.7. The first-order valence-electron chi connectivity index (χ1n) is 11.0. The highest BCUT2D eigenvalue weighted by Crippen LogP contribution is 2.33. The lowest BCUT2D eigenvalue weighted by molar-refractivity contribution is -0.192. The molecule has 202 valence electrons. The van der Waals surface area contributed by atoms with E-state index in [9.17, 15) is 18.0 Å². The second kappa shape index (κ2) is 11.2. The summed E-state index contributed by atoms with van der Waals surface area (Å²) in [5.74, 6) is -1.51. The Kier molecular flexibility index (Phi) is 7.97. The van der Waals surface area contributed by atoms with Crippen LogP contribution in [0.2, 0.25) is 5.02 Å². The number of anilines is 2. The molecule has 0 unspecified atom stereocenters. The normalized spacial score (nSPS) is 11.2. The van der Waals surface area contributed by atoms with E-state index in [4.69, 9.17) is 25.9 Å². The van der Waals surface area contributed by atoms with Crippen LogP contribution in [0.1, 0.15) is 27.7 Å². The number of H-pyrrole nitrogens is 1. The molecular formula is C24H18ClF3N6O4S. The van der Waals surface area contributed by atoms with Crippen molar-refractivity contribution >= 4 is 56.6 Å². The predicted molar refractivity (Wildman–Crippen MR) is 137 cm³/mol. The highest BCUT2D eigenvalue weighted by Gasteiger charge is 2.38. The van der Waals surface area contributed by atoms with E-state index < -0.39 is 12.1 Å². The van der Waals surface area contributed by atoms with E-state index in [1.165, 1.54) is 11.5 Å². The molecule has 0 atom stereocenters. The quantitative estimate of drug-likeness (QED) is 0.202. The van der Waals surface area contributed by atoms with E-state index in [0.717, 1.165) is 27.7 Å². The second-order valence-corrected chi connectivity index (χ2v) is 9.19. The van der Waals surface area contributed by atoms with Gasteiger partial charge in [-0.15, -0.1) is 0 Å². The molecule has 3 heterocycles. The van der Waals surface area contributed by atoms with Crippen molar-refractivity contribution < 1.29 is 32.3 Å². The molecule has 0 radical (unpaired) electrons. The maximum absolute atomic E-state index is 12.6. The van der Waals surface area contributed by atoms with Crippen molar-refractivity contribution in [1.29, 1.82) is 0 Å². The fourth-order valence-corrected chi connectivity index (χ4v) is 4.33. The number of carbonyl (C=O) groups excluding carboxylic acids is 1. The van der Waals surface area contributed by atoms with Crippen LogP contribution in [0.15, 0.2) is 47.0 Å². The first-order valence-corrected chi connectivity index (χ1v) is 12.2. The van der Waals surface area contributed by atoms with E-state index in [1.807, 2.05) is 36.4 Å². The molecule has 3 aromatic heterocycles. The maximum atomic E-state index is 12.6. The summed E-state index contributed by atoms with van der Waals surface area (Å²) in [5.41, 5.74) is 3.86. The number of Topliss-reactive ketones (excluding diaryl/α,β-unsaturated/α-hetero) is 1. The lowest BCUT2D eigenvalue weighted by Crippen LogP contribution is -2.21. The van der Waals surface area contributed by atoms with Gasteiger partial charge in [0.15, 0.2) is 17.5 Å². The van der Waals surface area contributed by atoms with Crippen LogP contribution in [0.25, 0.3) is 22.3 Å². The average molecular weight is 579 g/mol. The molecule has 10 nitrogen and oxygen atoms in total. The Hall–Kier alpha value is -4.30. The zero-order valence-electron chi connectivity index (χ0n) is 20.1. The van der Waals surface area contributed by atoms with Crippen LogP contribution >= 0.6 is 23.1 Å². The van der Waals surface area contributed by atoms with Gasteiger partial charge in [0.25, 0.3) is 0 Å². The number of carbonyl (C=O) groups is 2. The first-order chi connectivity index (χ1) is 18.4. The van der Waals surface area contributed by atoms with Crippen molar-refractivity contribution in [2.45, 2.75) is 26.4 Å². The molecule has 5 aromatic rings. The van der Waals surface area contributed by atoms with Gasteiger partial charge in [0.05, 0.1) is 28.1 Å². The van der Waals surface area contributed by atoms with E-state index in [1.54, 1.807) is 20.0 Å². The van der Waals surface area contributed by atoms with Crippen LogP contribution in [0.4, 0.5) is 24.0 Å². The summed E-state index contributed by atoms with van der Waals surface area (Å²) in [4.78, 5) is 30.3. The average Bonchev–Trinajstić information content (AvgIpc) is 3.61. The third-order valence-electron chi connectivity index (χ3n) is 5.18. The third-order valence-corrected chi connectivity index (χ3v) is 6.21. The summed E-state index contributed by atoms with van der Waals surface area (Å²) in [6, 6.07) is 11.4. The largest absolute Gasteiger partial charge is 0.490 e. The molecule has 0 fully saturated rings. The molecule has 0 aliphatic heterocycles. The number of aryl methyl sites for hydroxylation is 2. The fraction of sp³-hybridized carbons (Fsp3) is 0.167. The summed E-state index contributed by atoms with van der Waals surface area (Å²) in [6.45, 7) is 3.49. The molecule has 39 heavy (non-hydrogen) atoms. The highest BCUT2D eigenvalue weighted by molar-refractivity contribution is 7.10. The molecule has 0 saturated heterocycles. The zero-order chi connectivity index (χ0) is 28.3. The minimum absolute atomic E-state index is 0.113. The van der Waals surface area contributed by atoms with E-state index in [-0.39, 0.29) is 12.2 Å². The van der Waals surface area contributed by atoms with Crippen LogP contribution in [-0.4, -0.2) is 47.6 Å². The molecule has 0 spiro atoms. The molecule has 0 aliphatic rings. The zero-order valence-corrected chi connectivity index (χ0v) is 21.7. The van der Waals surface area contributed by atoms with Gasteiger partial charge in [0, 0.05) is 35.8 Å². The Bertz CT molecular complexity index is 1660.